The third-order valence-electron chi connectivity index (χ3n) is 2.78. The summed E-state index contributed by atoms with van der Waals surface area (Å²) in [6, 6.07) is 9.32. The molecule has 0 spiro atoms. The molecule has 4 nitrogen and oxygen atoms in total. The van der Waals surface area contributed by atoms with Gasteiger partial charge in [0.25, 0.3) is 0 Å². The molecule has 1 aliphatic heterocycles. The van der Waals surface area contributed by atoms with Crippen LogP contribution >= 0.6 is 0 Å². The van der Waals surface area contributed by atoms with E-state index in [4.69, 9.17) is 0 Å². The molecule has 17 heavy (non-hydrogen) atoms. The van der Waals surface area contributed by atoms with Gasteiger partial charge in [-0.05, 0) is 31.5 Å². The van der Waals surface area contributed by atoms with Crippen LogP contribution in [0.5, 0.6) is 0 Å². The van der Waals surface area contributed by atoms with E-state index in [1.54, 1.807) is 0 Å². The lowest BCUT2D eigenvalue weighted by Gasteiger charge is -2.14. The summed E-state index contributed by atoms with van der Waals surface area (Å²) < 4.78 is 0. The second kappa shape index (κ2) is 6.25. The molecule has 0 saturated carbocycles. The van der Waals surface area contributed by atoms with Gasteiger partial charge in [-0.3, -0.25) is 0 Å². The monoisotopic (exact) mass is 232 g/mol. The highest BCUT2D eigenvalue weighted by atomic mass is 16.2. The predicted octanol–water partition coefficient (Wildman–Crippen LogP) is 1.72. The van der Waals surface area contributed by atoms with Crippen molar-refractivity contribution in [2.75, 3.05) is 31.5 Å². The molecule has 2 rings (SSSR count). The largest absolute Gasteiger partial charge is 0.337 e. The third-order valence-corrected chi connectivity index (χ3v) is 2.78. The summed E-state index contributed by atoms with van der Waals surface area (Å²) in [6.45, 7) is 3.76. The smallest absolute Gasteiger partial charge is 0.319 e. The van der Waals surface area contributed by atoms with Crippen molar-refractivity contribution < 1.29 is 4.79 Å². The topological polar surface area (TPSA) is 44.4 Å². The summed E-state index contributed by atoms with van der Waals surface area (Å²) >= 11 is 0. The van der Waals surface area contributed by atoms with Gasteiger partial charge in [0, 0.05) is 25.3 Å². The molecule has 1 heterocycles. The number of rotatable bonds is 4. The van der Waals surface area contributed by atoms with Crippen molar-refractivity contribution in [2.45, 2.75) is 6.42 Å². The number of likely N-dealkylation sites (tertiary alicyclic amines) is 1. The van der Waals surface area contributed by atoms with E-state index < -0.39 is 0 Å². The maximum absolute atomic E-state index is 11.5. The SMILES string of the molecule is O=C(NCCN1C[CH]CC1)Nc1ccccc1. The Morgan fingerprint density at radius 1 is 1.29 bits per heavy atom. The minimum atomic E-state index is -0.139. The van der Waals surface area contributed by atoms with E-state index in [9.17, 15) is 4.79 Å². The molecule has 4 heteroatoms. The molecule has 1 radical (unpaired) electrons. The number of carbonyl (C=O) groups excluding carboxylic acids is 1. The Kier molecular flexibility index (Phi) is 4.38. The van der Waals surface area contributed by atoms with E-state index in [1.165, 1.54) is 0 Å². The van der Waals surface area contributed by atoms with Crippen LogP contribution in [0.25, 0.3) is 0 Å². The number of urea groups is 1. The molecule has 2 amide bonds. The molecule has 0 aromatic heterocycles. The molecule has 2 N–H and O–H groups in total. The zero-order valence-electron chi connectivity index (χ0n) is 9.86. The van der Waals surface area contributed by atoms with Crippen LogP contribution in [0.2, 0.25) is 0 Å². The standard InChI is InChI=1S/C13H18N3O/c17-13(15-12-6-2-1-3-7-12)14-8-11-16-9-4-5-10-16/h1-4,6-7H,5,8-11H2,(H2,14,15,17). The van der Waals surface area contributed by atoms with Gasteiger partial charge in [0.1, 0.15) is 0 Å². The zero-order valence-corrected chi connectivity index (χ0v) is 9.86. The third kappa shape index (κ3) is 4.07. The van der Waals surface area contributed by atoms with Gasteiger partial charge in [-0.2, -0.15) is 0 Å². The lowest BCUT2D eigenvalue weighted by Crippen LogP contribution is -2.35. The Morgan fingerprint density at radius 3 is 2.82 bits per heavy atom. The molecular weight excluding hydrogens is 214 g/mol. The highest BCUT2D eigenvalue weighted by Gasteiger charge is 2.11. The van der Waals surface area contributed by atoms with Crippen molar-refractivity contribution in [3.63, 3.8) is 0 Å². The van der Waals surface area contributed by atoms with Crippen molar-refractivity contribution >= 4 is 11.7 Å². The fourth-order valence-electron chi connectivity index (χ4n) is 1.87. The first-order valence-electron chi connectivity index (χ1n) is 5.98. The number of carbonyl (C=O) groups is 1. The molecule has 0 aliphatic carbocycles. The van der Waals surface area contributed by atoms with Gasteiger partial charge in [-0.15, -0.1) is 0 Å². The second-order valence-corrected chi connectivity index (χ2v) is 4.12. The van der Waals surface area contributed by atoms with E-state index in [0.29, 0.717) is 6.54 Å². The molecule has 1 aromatic rings. The number of amides is 2. The number of nitrogens with one attached hydrogen (secondary N) is 2. The van der Waals surface area contributed by atoms with E-state index in [2.05, 4.69) is 22.0 Å². The average molecular weight is 232 g/mol. The number of anilines is 1. The van der Waals surface area contributed by atoms with Crippen LogP contribution in [0.3, 0.4) is 0 Å². The van der Waals surface area contributed by atoms with E-state index in [0.717, 1.165) is 31.7 Å². The summed E-state index contributed by atoms with van der Waals surface area (Å²) in [5, 5.41) is 5.64. The fraction of sp³-hybridized carbons (Fsp3) is 0.385. The molecular formula is C13H18N3O. The fourth-order valence-corrected chi connectivity index (χ4v) is 1.87. The lowest BCUT2D eigenvalue weighted by atomic mass is 10.3. The quantitative estimate of drug-likeness (QED) is 0.830. The van der Waals surface area contributed by atoms with Crippen LogP contribution in [-0.4, -0.2) is 37.1 Å². The number of benzene rings is 1. The number of para-hydroxylation sites is 1. The maximum atomic E-state index is 11.5. The van der Waals surface area contributed by atoms with Gasteiger partial charge in [0.15, 0.2) is 0 Å². The van der Waals surface area contributed by atoms with Crippen LogP contribution in [0.4, 0.5) is 10.5 Å². The van der Waals surface area contributed by atoms with Crippen LogP contribution < -0.4 is 10.6 Å². The Morgan fingerprint density at radius 2 is 2.12 bits per heavy atom. The van der Waals surface area contributed by atoms with Crippen molar-refractivity contribution in [1.29, 1.82) is 0 Å². The van der Waals surface area contributed by atoms with Crippen LogP contribution in [-0.2, 0) is 0 Å². The summed E-state index contributed by atoms with van der Waals surface area (Å²) in [7, 11) is 0. The van der Waals surface area contributed by atoms with E-state index in [-0.39, 0.29) is 6.03 Å². The number of hydrogen-bond acceptors (Lipinski definition) is 2. The van der Waals surface area contributed by atoms with Gasteiger partial charge in [0.2, 0.25) is 0 Å². The first-order valence-corrected chi connectivity index (χ1v) is 5.98. The van der Waals surface area contributed by atoms with Gasteiger partial charge >= 0.3 is 6.03 Å². The highest BCUT2D eigenvalue weighted by molar-refractivity contribution is 5.89. The van der Waals surface area contributed by atoms with Gasteiger partial charge in [-0.1, -0.05) is 18.2 Å². The summed E-state index contributed by atoms with van der Waals surface area (Å²) in [5.74, 6) is 0. The van der Waals surface area contributed by atoms with Crippen molar-refractivity contribution in [2.24, 2.45) is 0 Å². The van der Waals surface area contributed by atoms with Crippen molar-refractivity contribution in [3.8, 4) is 0 Å². The lowest BCUT2D eigenvalue weighted by molar-refractivity contribution is 0.249. The minimum absolute atomic E-state index is 0.139. The Balaban J connectivity index is 1.64. The molecule has 91 valence electrons. The first-order chi connectivity index (χ1) is 8.34. The van der Waals surface area contributed by atoms with Crippen LogP contribution in [0.15, 0.2) is 30.3 Å². The van der Waals surface area contributed by atoms with Crippen LogP contribution in [0.1, 0.15) is 6.42 Å². The molecule has 1 aromatic carbocycles. The number of nitrogens with zero attached hydrogens (tertiary/aromatic N) is 1. The summed E-state index contributed by atoms with van der Waals surface area (Å²) in [4.78, 5) is 13.9. The van der Waals surface area contributed by atoms with E-state index >= 15 is 0 Å². The zero-order chi connectivity index (χ0) is 11.9. The highest BCUT2D eigenvalue weighted by Crippen LogP contribution is 2.05. The normalized spacial score (nSPS) is 15.8. The molecule has 1 saturated heterocycles. The molecule has 1 fully saturated rings. The Labute approximate surface area is 102 Å². The van der Waals surface area contributed by atoms with Gasteiger partial charge in [-0.25, -0.2) is 4.79 Å². The van der Waals surface area contributed by atoms with Crippen molar-refractivity contribution in [1.82, 2.24) is 10.2 Å². The molecule has 0 atom stereocenters. The first kappa shape index (κ1) is 11.9. The average Bonchev–Trinajstić information content (AvgIpc) is 2.83. The summed E-state index contributed by atoms with van der Waals surface area (Å²) in [5.41, 5.74) is 0.819. The maximum Gasteiger partial charge on any atom is 0.319 e. The minimum Gasteiger partial charge on any atom is -0.337 e. The predicted molar refractivity (Wildman–Crippen MR) is 68.8 cm³/mol. The second-order valence-electron chi connectivity index (χ2n) is 4.12. The molecule has 1 aliphatic rings. The Hall–Kier alpha value is -1.55. The molecule has 0 unspecified atom stereocenters. The summed E-state index contributed by atoms with van der Waals surface area (Å²) in [6.07, 6.45) is 3.43. The Bertz CT molecular complexity index is 347. The molecule has 0 bridgehead atoms. The van der Waals surface area contributed by atoms with Crippen molar-refractivity contribution in [3.05, 3.63) is 36.8 Å². The van der Waals surface area contributed by atoms with Crippen LogP contribution in [0, 0.1) is 6.42 Å². The van der Waals surface area contributed by atoms with Gasteiger partial charge < -0.3 is 15.5 Å². The van der Waals surface area contributed by atoms with Gasteiger partial charge in [0.05, 0.1) is 0 Å². The number of hydrogen-bond donors (Lipinski definition) is 2. The van der Waals surface area contributed by atoms with E-state index in [1.807, 2.05) is 30.3 Å².